The van der Waals surface area contributed by atoms with Crippen LogP contribution in [0, 0.1) is 24.1 Å². The summed E-state index contributed by atoms with van der Waals surface area (Å²) in [5.74, 6) is -1.24. The number of nitriles is 1. The van der Waals surface area contributed by atoms with Gasteiger partial charge in [-0.2, -0.15) is 5.26 Å². The fourth-order valence-corrected chi connectivity index (χ4v) is 3.55. The number of nitrogens with zero attached hydrogens (tertiary/aromatic N) is 2. The van der Waals surface area contributed by atoms with E-state index in [1.807, 2.05) is 0 Å². The highest BCUT2D eigenvalue weighted by Crippen LogP contribution is 2.30. The first-order valence-electron chi connectivity index (χ1n) is 5.54. The Morgan fingerprint density at radius 3 is 2.95 bits per heavy atom. The minimum Gasteiger partial charge on any atom is -0.477 e. The Hall–Kier alpha value is -1.91. The van der Waals surface area contributed by atoms with E-state index in [0.717, 1.165) is 11.3 Å². The smallest absolute Gasteiger partial charge is 0.347 e. The highest BCUT2D eigenvalue weighted by molar-refractivity contribution is 8.00. The van der Waals surface area contributed by atoms with E-state index < -0.39 is 11.8 Å². The number of aromatic nitrogens is 1. The number of hydrogen-bond donors (Lipinski definition) is 1. The summed E-state index contributed by atoms with van der Waals surface area (Å²) in [7, 11) is 0. The summed E-state index contributed by atoms with van der Waals surface area (Å²) in [6, 6.07) is 6.42. The van der Waals surface area contributed by atoms with E-state index in [2.05, 4.69) is 4.98 Å². The first-order valence-corrected chi connectivity index (χ1v) is 7.34. The van der Waals surface area contributed by atoms with Crippen LogP contribution in [0.4, 0.5) is 4.39 Å². The number of carbonyl (C=O) groups is 1. The summed E-state index contributed by atoms with van der Waals surface area (Å²) in [4.78, 5) is 15.2. The molecule has 0 unspecified atom stereocenters. The molecular formula is C13H9FN2O2S2. The number of aryl methyl sites for hydroxylation is 1. The first-order chi connectivity index (χ1) is 9.52. The molecule has 0 bridgehead atoms. The maximum absolute atomic E-state index is 13.8. The average Bonchev–Trinajstić information content (AvgIpc) is 2.79. The molecule has 0 aliphatic carbocycles. The van der Waals surface area contributed by atoms with E-state index >= 15 is 0 Å². The second-order valence-corrected chi connectivity index (χ2v) is 6.10. The molecule has 1 aromatic heterocycles. The SMILES string of the molecule is Cc1nc(SCc2cccc(C#N)c2F)sc1C(=O)O. The normalized spacial score (nSPS) is 10.2. The van der Waals surface area contributed by atoms with Gasteiger partial charge in [-0.25, -0.2) is 14.2 Å². The molecule has 0 fully saturated rings. The van der Waals surface area contributed by atoms with Crippen molar-refractivity contribution in [2.45, 2.75) is 17.0 Å². The van der Waals surface area contributed by atoms with Crippen LogP contribution >= 0.6 is 23.1 Å². The number of carboxylic acids is 1. The molecule has 102 valence electrons. The number of benzene rings is 1. The molecule has 0 atom stereocenters. The molecule has 2 rings (SSSR count). The van der Waals surface area contributed by atoms with Crippen LogP contribution in [-0.2, 0) is 5.75 Å². The zero-order valence-corrected chi connectivity index (χ0v) is 12.0. The summed E-state index contributed by atoms with van der Waals surface area (Å²) < 4.78 is 14.4. The number of thiazole rings is 1. The van der Waals surface area contributed by atoms with E-state index in [1.165, 1.54) is 17.8 Å². The molecule has 0 aliphatic rings. The third-order valence-corrected chi connectivity index (χ3v) is 4.86. The van der Waals surface area contributed by atoms with Crippen molar-refractivity contribution in [1.82, 2.24) is 4.98 Å². The molecule has 1 N–H and O–H groups in total. The fraction of sp³-hybridized carbons (Fsp3) is 0.154. The molecule has 7 heteroatoms. The van der Waals surface area contributed by atoms with Gasteiger partial charge < -0.3 is 5.11 Å². The van der Waals surface area contributed by atoms with Gasteiger partial charge in [-0.1, -0.05) is 23.9 Å². The Kier molecular flexibility index (Phi) is 4.37. The summed E-state index contributed by atoms with van der Waals surface area (Å²) in [6.45, 7) is 1.63. The number of aromatic carboxylic acids is 1. The molecule has 0 spiro atoms. The maximum Gasteiger partial charge on any atom is 0.347 e. The van der Waals surface area contributed by atoms with Crippen LogP contribution in [0.5, 0.6) is 0 Å². The molecule has 0 amide bonds. The minimum absolute atomic E-state index is 0.00430. The molecule has 0 saturated heterocycles. The van der Waals surface area contributed by atoms with Crippen LogP contribution in [-0.4, -0.2) is 16.1 Å². The largest absolute Gasteiger partial charge is 0.477 e. The second kappa shape index (κ2) is 6.03. The van der Waals surface area contributed by atoms with Gasteiger partial charge >= 0.3 is 5.97 Å². The van der Waals surface area contributed by atoms with E-state index in [9.17, 15) is 9.18 Å². The number of hydrogen-bond acceptors (Lipinski definition) is 5. The topological polar surface area (TPSA) is 74.0 Å². The van der Waals surface area contributed by atoms with Crippen molar-refractivity contribution in [2.24, 2.45) is 0 Å². The lowest BCUT2D eigenvalue weighted by atomic mass is 10.1. The molecule has 4 nitrogen and oxygen atoms in total. The van der Waals surface area contributed by atoms with Crippen molar-refractivity contribution in [2.75, 3.05) is 0 Å². The van der Waals surface area contributed by atoms with Gasteiger partial charge in [0.2, 0.25) is 0 Å². The van der Waals surface area contributed by atoms with Crippen LogP contribution < -0.4 is 0 Å². The number of rotatable bonds is 4. The quantitative estimate of drug-likeness (QED) is 0.876. The Bertz CT molecular complexity index is 707. The molecule has 2 aromatic rings. The molecule has 0 saturated carbocycles. The average molecular weight is 308 g/mol. The number of thioether (sulfide) groups is 1. The van der Waals surface area contributed by atoms with Crippen molar-refractivity contribution < 1.29 is 14.3 Å². The Morgan fingerprint density at radius 2 is 2.35 bits per heavy atom. The molecular weight excluding hydrogens is 299 g/mol. The Morgan fingerprint density at radius 1 is 1.60 bits per heavy atom. The van der Waals surface area contributed by atoms with E-state index in [0.29, 0.717) is 21.3 Å². The van der Waals surface area contributed by atoms with Crippen molar-refractivity contribution in [1.29, 1.82) is 5.26 Å². The summed E-state index contributed by atoms with van der Waals surface area (Å²) >= 11 is 2.32. The van der Waals surface area contributed by atoms with Gasteiger partial charge in [0.15, 0.2) is 4.34 Å². The zero-order chi connectivity index (χ0) is 14.7. The van der Waals surface area contributed by atoms with Crippen LogP contribution in [0.25, 0.3) is 0 Å². The lowest BCUT2D eigenvalue weighted by molar-refractivity contribution is 0.0701. The molecule has 1 aromatic carbocycles. The Labute approximate surface area is 122 Å². The number of halogens is 1. The standard InChI is InChI=1S/C13H9FN2O2S2/c1-7-11(12(17)18)20-13(16-7)19-6-9-4-2-3-8(5-15)10(9)14/h2-4H,6H2,1H3,(H,17,18). The van der Waals surface area contributed by atoms with E-state index in [1.54, 1.807) is 25.1 Å². The van der Waals surface area contributed by atoms with E-state index in [-0.39, 0.29) is 10.4 Å². The summed E-state index contributed by atoms with van der Waals surface area (Å²) in [5, 5.41) is 17.7. The highest BCUT2D eigenvalue weighted by atomic mass is 32.2. The first kappa shape index (κ1) is 14.5. The molecule has 1 heterocycles. The van der Waals surface area contributed by atoms with Crippen molar-refractivity contribution in [3.05, 3.63) is 45.7 Å². The fourth-order valence-electron chi connectivity index (χ4n) is 1.55. The van der Waals surface area contributed by atoms with Gasteiger partial charge in [0, 0.05) is 5.75 Å². The molecule has 20 heavy (non-hydrogen) atoms. The second-order valence-electron chi connectivity index (χ2n) is 3.88. The minimum atomic E-state index is -1.01. The predicted octanol–water partition coefficient (Wildman–Crippen LogP) is 3.45. The predicted molar refractivity (Wildman–Crippen MR) is 74.5 cm³/mol. The molecule has 0 aliphatic heterocycles. The third kappa shape index (κ3) is 2.98. The number of carboxylic acid groups (broad SMARTS) is 1. The monoisotopic (exact) mass is 308 g/mol. The van der Waals surface area contributed by atoms with Crippen molar-refractivity contribution in [3.8, 4) is 6.07 Å². The van der Waals surface area contributed by atoms with Gasteiger partial charge in [0.05, 0.1) is 11.3 Å². The Balaban J connectivity index is 2.16. The lowest BCUT2D eigenvalue weighted by Crippen LogP contribution is -1.94. The van der Waals surface area contributed by atoms with Gasteiger partial charge in [0.1, 0.15) is 16.8 Å². The van der Waals surface area contributed by atoms with Crippen LogP contribution in [0.2, 0.25) is 0 Å². The zero-order valence-electron chi connectivity index (χ0n) is 10.4. The van der Waals surface area contributed by atoms with Gasteiger partial charge in [-0.3, -0.25) is 0 Å². The summed E-state index contributed by atoms with van der Waals surface area (Å²) in [6.07, 6.45) is 0. The highest BCUT2D eigenvalue weighted by Gasteiger charge is 2.15. The van der Waals surface area contributed by atoms with Crippen molar-refractivity contribution in [3.63, 3.8) is 0 Å². The van der Waals surface area contributed by atoms with Crippen molar-refractivity contribution >= 4 is 29.1 Å². The van der Waals surface area contributed by atoms with E-state index in [4.69, 9.17) is 10.4 Å². The van der Waals surface area contributed by atoms with Gasteiger partial charge in [0.25, 0.3) is 0 Å². The van der Waals surface area contributed by atoms with Crippen LogP contribution in [0.3, 0.4) is 0 Å². The van der Waals surface area contributed by atoms with Gasteiger partial charge in [-0.05, 0) is 18.6 Å². The van der Waals surface area contributed by atoms with Gasteiger partial charge in [-0.15, -0.1) is 11.3 Å². The molecule has 0 radical (unpaired) electrons. The van der Waals surface area contributed by atoms with Crippen LogP contribution in [0.15, 0.2) is 22.5 Å². The lowest BCUT2D eigenvalue weighted by Gasteiger charge is -2.02. The third-order valence-electron chi connectivity index (χ3n) is 2.52. The summed E-state index contributed by atoms with van der Waals surface area (Å²) in [5.41, 5.74) is 0.861. The maximum atomic E-state index is 13.8. The van der Waals surface area contributed by atoms with Crippen LogP contribution in [0.1, 0.15) is 26.5 Å².